The van der Waals surface area contributed by atoms with Gasteiger partial charge >= 0.3 is 6.18 Å². The van der Waals surface area contributed by atoms with Gasteiger partial charge in [0.2, 0.25) is 0 Å². The van der Waals surface area contributed by atoms with Crippen LogP contribution in [-0.4, -0.2) is 35.2 Å². The number of rotatable bonds is 4. The Bertz CT molecular complexity index is 1050. The van der Waals surface area contributed by atoms with Gasteiger partial charge in [0.15, 0.2) is 17.5 Å². The van der Waals surface area contributed by atoms with E-state index in [9.17, 15) is 13.2 Å². The predicted molar refractivity (Wildman–Crippen MR) is 106 cm³/mol. The summed E-state index contributed by atoms with van der Waals surface area (Å²) in [6.07, 6.45) is -3.03. The van der Waals surface area contributed by atoms with E-state index in [0.29, 0.717) is 34.1 Å². The van der Waals surface area contributed by atoms with E-state index in [0.717, 1.165) is 10.4 Å². The molecule has 3 heterocycles. The second kappa shape index (κ2) is 7.55. The number of hydrogen-bond acceptors (Lipinski definition) is 5. The minimum Gasteiger partial charge on any atom is -0.493 e. The number of halogens is 3. The molecule has 9 heteroatoms. The minimum absolute atomic E-state index is 0.195. The number of benzene rings is 1. The van der Waals surface area contributed by atoms with Crippen molar-refractivity contribution in [1.82, 2.24) is 14.8 Å². The normalized spacial score (nSPS) is 18.5. The molecule has 6 nitrogen and oxygen atoms in total. The fourth-order valence-electron chi connectivity index (χ4n) is 3.62. The molecule has 2 atom stereocenters. The van der Waals surface area contributed by atoms with Gasteiger partial charge in [-0.2, -0.15) is 18.3 Å². The van der Waals surface area contributed by atoms with Crippen molar-refractivity contribution in [1.29, 1.82) is 0 Å². The van der Waals surface area contributed by atoms with Crippen molar-refractivity contribution in [3.63, 3.8) is 0 Å². The Hall–Kier alpha value is -3.23. The molecule has 0 amide bonds. The first-order chi connectivity index (χ1) is 14.3. The van der Waals surface area contributed by atoms with E-state index in [2.05, 4.69) is 15.4 Å². The van der Waals surface area contributed by atoms with Crippen molar-refractivity contribution in [2.24, 2.45) is 0 Å². The van der Waals surface area contributed by atoms with Crippen LogP contribution in [0.5, 0.6) is 11.5 Å². The van der Waals surface area contributed by atoms with Crippen LogP contribution in [0.25, 0.3) is 11.3 Å². The first-order valence-electron chi connectivity index (χ1n) is 9.38. The monoisotopic (exact) mass is 418 g/mol. The molecule has 0 saturated carbocycles. The van der Waals surface area contributed by atoms with E-state index in [-0.39, 0.29) is 6.42 Å². The van der Waals surface area contributed by atoms with Gasteiger partial charge in [-0.05, 0) is 36.8 Å². The number of hydrogen-bond donors (Lipinski definition) is 1. The Labute approximate surface area is 171 Å². The number of nitrogens with one attached hydrogen (secondary N) is 1. The summed E-state index contributed by atoms with van der Waals surface area (Å²) < 4.78 is 53.2. The molecular weight excluding hydrogens is 397 g/mol. The van der Waals surface area contributed by atoms with Crippen molar-refractivity contribution in [3.8, 4) is 22.8 Å². The van der Waals surface area contributed by atoms with E-state index in [1.807, 2.05) is 6.92 Å². The van der Waals surface area contributed by atoms with Crippen LogP contribution in [0, 0.1) is 6.92 Å². The van der Waals surface area contributed by atoms with Gasteiger partial charge in [0, 0.05) is 29.9 Å². The second-order valence-corrected chi connectivity index (χ2v) is 7.15. The molecule has 0 fully saturated rings. The fourth-order valence-corrected chi connectivity index (χ4v) is 3.62. The van der Waals surface area contributed by atoms with Crippen LogP contribution in [0.15, 0.2) is 42.6 Å². The van der Waals surface area contributed by atoms with Crippen molar-refractivity contribution >= 4 is 5.82 Å². The lowest BCUT2D eigenvalue weighted by molar-refractivity contribution is -0.173. The van der Waals surface area contributed by atoms with Gasteiger partial charge in [0.25, 0.3) is 0 Å². The van der Waals surface area contributed by atoms with Crippen LogP contribution in [-0.2, 0) is 0 Å². The van der Waals surface area contributed by atoms with E-state index in [1.165, 1.54) is 14.2 Å². The van der Waals surface area contributed by atoms with Gasteiger partial charge in [-0.15, -0.1) is 0 Å². The highest BCUT2D eigenvalue weighted by Gasteiger charge is 2.46. The standard InChI is InChI=1S/C21H21F3N4O2/c1-12-4-5-14(11-25-12)16-10-20-26-15(9-19(21(22,23)24)28(20)27-16)13-6-7-17(29-2)18(8-13)30-3/h4-8,10-11,15,19,26H,9H2,1-3H3. The summed E-state index contributed by atoms with van der Waals surface area (Å²) in [5, 5.41) is 7.43. The van der Waals surface area contributed by atoms with Gasteiger partial charge < -0.3 is 14.8 Å². The topological polar surface area (TPSA) is 61.2 Å². The number of aryl methyl sites for hydroxylation is 1. The molecule has 158 valence electrons. The summed E-state index contributed by atoms with van der Waals surface area (Å²) in [5.41, 5.74) is 2.59. The number of aromatic nitrogens is 3. The zero-order valence-electron chi connectivity index (χ0n) is 16.7. The van der Waals surface area contributed by atoms with Crippen LogP contribution in [0.1, 0.15) is 29.8 Å². The third-order valence-electron chi connectivity index (χ3n) is 5.21. The predicted octanol–water partition coefficient (Wildman–Crippen LogP) is 4.93. The third-order valence-corrected chi connectivity index (χ3v) is 5.21. The molecule has 1 N–H and O–H groups in total. The molecule has 0 bridgehead atoms. The van der Waals surface area contributed by atoms with Gasteiger partial charge in [-0.25, -0.2) is 4.68 Å². The van der Waals surface area contributed by atoms with Crippen LogP contribution >= 0.6 is 0 Å². The number of nitrogens with zero attached hydrogens (tertiary/aromatic N) is 3. The molecule has 0 saturated heterocycles. The van der Waals surface area contributed by atoms with Gasteiger partial charge in [-0.3, -0.25) is 4.98 Å². The number of fused-ring (bicyclic) bond motifs is 1. The van der Waals surface area contributed by atoms with E-state index < -0.39 is 18.3 Å². The van der Waals surface area contributed by atoms with Crippen LogP contribution in [0.4, 0.5) is 19.0 Å². The Morgan fingerprint density at radius 1 is 1.07 bits per heavy atom. The maximum atomic E-state index is 13.9. The SMILES string of the molecule is COc1ccc(C2CC(C(F)(F)F)n3nc(-c4ccc(C)nc4)cc3N2)cc1OC. The van der Waals surface area contributed by atoms with E-state index >= 15 is 0 Å². The molecule has 4 rings (SSSR count). The maximum Gasteiger partial charge on any atom is 0.410 e. The van der Waals surface area contributed by atoms with Gasteiger partial charge in [0.05, 0.1) is 26.0 Å². The molecule has 1 aliphatic rings. The second-order valence-electron chi connectivity index (χ2n) is 7.15. The molecule has 0 radical (unpaired) electrons. The summed E-state index contributed by atoms with van der Waals surface area (Å²) >= 11 is 0. The molecule has 1 aliphatic heterocycles. The lowest BCUT2D eigenvalue weighted by Gasteiger charge is -2.33. The van der Waals surface area contributed by atoms with Crippen molar-refractivity contribution in [2.75, 3.05) is 19.5 Å². The molecule has 2 unspecified atom stereocenters. The largest absolute Gasteiger partial charge is 0.493 e. The first-order valence-corrected chi connectivity index (χ1v) is 9.38. The first kappa shape index (κ1) is 20.1. The Balaban J connectivity index is 1.73. The lowest BCUT2D eigenvalue weighted by atomic mass is 9.96. The lowest BCUT2D eigenvalue weighted by Crippen LogP contribution is -2.35. The molecule has 3 aromatic rings. The smallest absolute Gasteiger partial charge is 0.410 e. The van der Waals surface area contributed by atoms with Crippen molar-refractivity contribution in [3.05, 3.63) is 53.9 Å². The van der Waals surface area contributed by atoms with E-state index in [1.54, 1.807) is 42.6 Å². The number of anilines is 1. The number of pyridine rings is 1. The molecule has 30 heavy (non-hydrogen) atoms. The fraction of sp³-hybridized carbons (Fsp3) is 0.333. The summed E-state index contributed by atoms with van der Waals surface area (Å²) in [7, 11) is 3.00. The number of alkyl halides is 3. The minimum atomic E-state index is -4.44. The quantitative estimate of drug-likeness (QED) is 0.651. The van der Waals surface area contributed by atoms with Crippen molar-refractivity contribution < 1.29 is 22.6 Å². The molecule has 2 aromatic heterocycles. The highest BCUT2D eigenvalue weighted by atomic mass is 19.4. The third kappa shape index (κ3) is 3.67. The van der Waals surface area contributed by atoms with Crippen molar-refractivity contribution in [2.45, 2.75) is 31.6 Å². The highest BCUT2D eigenvalue weighted by Crippen LogP contribution is 2.45. The maximum absolute atomic E-state index is 13.9. The molecule has 0 aliphatic carbocycles. The van der Waals surface area contributed by atoms with Crippen LogP contribution < -0.4 is 14.8 Å². The summed E-state index contributed by atoms with van der Waals surface area (Å²) in [4.78, 5) is 4.21. The Morgan fingerprint density at radius 3 is 2.47 bits per heavy atom. The number of ether oxygens (including phenoxy) is 2. The zero-order valence-corrected chi connectivity index (χ0v) is 16.7. The molecule has 1 aromatic carbocycles. The number of methoxy groups -OCH3 is 2. The average molecular weight is 418 g/mol. The molecule has 0 spiro atoms. The Kier molecular flexibility index (Phi) is 5.05. The molecular formula is C21H21F3N4O2. The highest BCUT2D eigenvalue weighted by molar-refractivity contribution is 5.63. The summed E-state index contributed by atoms with van der Waals surface area (Å²) in [6.45, 7) is 1.84. The van der Waals surface area contributed by atoms with Gasteiger partial charge in [-0.1, -0.05) is 6.07 Å². The zero-order chi connectivity index (χ0) is 21.5. The Morgan fingerprint density at radius 2 is 1.83 bits per heavy atom. The van der Waals surface area contributed by atoms with Gasteiger partial charge in [0.1, 0.15) is 5.82 Å². The summed E-state index contributed by atoms with van der Waals surface area (Å²) in [5.74, 6) is 1.29. The summed E-state index contributed by atoms with van der Waals surface area (Å²) in [6, 6.07) is 8.03. The average Bonchev–Trinajstić information content (AvgIpc) is 3.16. The van der Waals surface area contributed by atoms with E-state index in [4.69, 9.17) is 9.47 Å². The van der Waals surface area contributed by atoms with Crippen LogP contribution in [0.2, 0.25) is 0 Å². The van der Waals surface area contributed by atoms with Crippen LogP contribution in [0.3, 0.4) is 0 Å².